The largest absolute Gasteiger partial charge is 0.305 e. The molecule has 0 aliphatic heterocycles. The minimum Gasteiger partial charge on any atom is -0.305 e. The predicted molar refractivity (Wildman–Crippen MR) is 88.4 cm³/mol. The summed E-state index contributed by atoms with van der Waals surface area (Å²) >= 11 is 6.34. The fourth-order valence-electron chi connectivity index (χ4n) is 5.89. The van der Waals surface area contributed by atoms with Crippen molar-refractivity contribution in [1.82, 2.24) is 35.7 Å². The Labute approximate surface area is 145 Å². The zero-order valence-corrected chi connectivity index (χ0v) is 14.6. The molecule has 2 atom stereocenters. The average Bonchev–Trinajstić information content (AvgIpc) is 3.17. The van der Waals surface area contributed by atoms with Crippen molar-refractivity contribution in [1.29, 1.82) is 0 Å². The summed E-state index contributed by atoms with van der Waals surface area (Å²) < 4.78 is 0. The van der Waals surface area contributed by atoms with E-state index in [1.54, 1.807) is 6.33 Å². The fourth-order valence-corrected chi connectivity index (χ4v) is 6.05. The molecule has 2 unspecified atom stereocenters. The maximum absolute atomic E-state index is 6.34. The first kappa shape index (κ1) is 14.8. The number of tetrazole rings is 1. The van der Waals surface area contributed by atoms with E-state index >= 15 is 0 Å². The Balaban J connectivity index is 1.42. The Hall–Kier alpha value is -1.47. The molecule has 2 aromatic rings. The second-order valence-corrected chi connectivity index (χ2v) is 8.53. The zero-order valence-electron chi connectivity index (χ0n) is 13.8. The van der Waals surface area contributed by atoms with E-state index < -0.39 is 0 Å². The van der Waals surface area contributed by atoms with Crippen molar-refractivity contribution in [3.05, 3.63) is 22.7 Å². The normalized spacial score (nSPS) is 37.2. The number of hydrogen-bond donors (Lipinski definition) is 2. The summed E-state index contributed by atoms with van der Waals surface area (Å²) in [7, 11) is 0. The Bertz CT molecular complexity index is 739. The highest BCUT2D eigenvalue weighted by Crippen LogP contribution is 2.60. The summed E-state index contributed by atoms with van der Waals surface area (Å²) in [5.41, 5.74) is 2.03. The van der Waals surface area contributed by atoms with Gasteiger partial charge in [0.15, 0.2) is 6.33 Å². The molecule has 0 spiro atoms. The maximum Gasteiger partial charge on any atom is 0.162 e. The van der Waals surface area contributed by atoms with E-state index in [-0.39, 0.29) is 11.1 Å². The lowest BCUT2D eigenvalue weighted by molar-refractivity contribution is -0.0854. The molecule has 8 heteroatoms. The molecule has 0 amide bonds. The van der Waals surface area contributed by atoms with Crippen molar-refractivity contribution in [3.8, 4) is 0 Å². The molecule has 7 nitrogen and oxygen atoms in total. The van der Waals surface area contributed by atoms with Gasteiger partial charge in [-0.2, -0.15) is 9.90 Å². The van der Waals surface area contributed by atoms with E-state index in [0.717, 1.165) is 34.7 Å². The summed E-state index contributed by atoms with van der Waals surface area (Å²) in [6.45, 7) is 2.67. The number of aromatic amines is 1. The van der Waals surface area contributed by atoms with Crippen molar-refractivity contribution >= 4 is 11.6 Å². The minimum atomic E-state index is 0.0405. The summed E-state index contributed by atoms with van der Waals surface area (Å²) in [6.07, 6.45) is 8.83. The van der Waals surface area contributed by atoms with E-state index in [9.17, 15) is 0 Å². The monoisotopic (exact) mass is 347 g/mol. The van der Waals surface area contributed by atoms with Crippen LogP contribution in [0.25, 0.3) is 0 Å². The van der Waals surface area contributed by atoms with Gasteiger partial charge in [0.2, 0.25) is 0 Å². The third-order valence-corrected chi connectivity index (χ3v) is 6.88. The molecule has 4 aliphatic rings. The van der Waals surface area contributed by atoms with E-state index in [1.807, 2.05) is 11.7 Å². The molecule has 128 valence electrons. The molecule has 6 rings (SSSR count). The SMILES string of the molecule is Cc1[nH]nc(CNC23CC4CC(C2)CC(n2ncnn2)(C4)C3)c1Cl. The van der Waals surface area contributed by atoms with E-state index in [0.29, 0.717) is 6.54 Å². The highest BCUT2D eigenvalue weighted by Gasteiger charge is 2.59. The highest BCUT2D eigenvalue weighted by atomic mass is 35.5. The van der Waals surface area contributed by atoms with Crippen molar-refractivity contribution in [2.45, 2.75) is 63.1 Å². The summed E-state index contributed by atoms with van der Waals surface area (Å²) in [4.78, 5) is 1.90. The number of hydrogen-bond acceptors (Lipinski definition) is 5. The number of H-pyrrole nitrogens is 1. The molecule has 2 aromatic heterocycles. The van der Waals surface area contributed by atoms with E-state index in [2.05, 4.69) is 30.9 Å². The van der Waals surface area contributed by atoms with E-state index in [1.165, 1.54) is 32.1 Å². The van der Waals surface area contributed by atoms with Gasteiger partial charge in [-0.05, 0) is 62.5 Å². The second-order valence-electron chi connectivity index (χ2n) is 8.15. The van der Waals surface area contributed by atoms with Crippen LogP contribution in [0.5, 0.6) is 0 Å². The number of halogens is 1. The Morgan fingerprint density at radius 3 is 2.75 bits per heavy atom. The Kier molecular flexibility index (Phi) is 3.10. The smallest absolute Gasteiger partial charge is 0.162 e. The van der Waals surface area contributed by atoms with Crippen molar-refractivity contribution < 1.29 is 0 Å². The number of nitrogens with zero attached hydrogens (tertiary/aromatic N) is 5. The molecule has 4 fully saturated rings. The molecule has 4 bridgehead atoms. The van der Waals surface area contributed by atoms with Gasteiger partial charge in [-0.3, -0.25) is 5.10 Å². The molecule has 0 aromatic carbocycles. The molecule has 0 radical (unpaired) electrons. The number of aryl methyl sites for hydroxylation is 1. The van der Waals surface area contributed by atoms with Crippen molar-refractivity contribution in [2.24, 2.45) is 11.8 Å². The highest BCUT2D eigenvalue weighted by molar-refractivity contribution is 6.31. The van der Waals surface area contributed by atoms with Crippen LogP contribution < -0.4 is 5.32 Å². The quantitative estimate of drug-likeness (QED) is 0.885. The topological polar surface area (TPSA) is 84.3 Å². The lowest BCUT2D eigenvalue weighted by atomic mass is 9.50. The molecule has 2 heterocycles. The first-order valence-corrected chi connectivity index (χ1v) is 9.13. The minimum absolute atomic E-state index is 0.0405. The summed E-state index contributed by atoms with van der Waals surface area (Å²) in [5, 5.41) is 24.5. The van der Waals surface area contributed by atoms with Gasteiger partial charge >= 0.3 is 0 Å². The molecule has 2 N–H and O–H groups in total. The van der Waals surface area contributed by atoms with E-state index in [4.69, 9.17) is 11.6 Å². The first-order chi connectivity index (χ1) is 11.6. The molecule has 4 saturated carbocycles. The van der Waals surface area contributed by atoms with Gasteiger partial charge in [0.1, 0.15) is 0 Å². The van der Waals surface area contributed by atoms with Gasteiger partial charge in [0.05, 0.1) is 21.9 Å². The molecule has 0 saturated heterocycles. The lowest BCUT2D eigenvalue weighted by Gasteiger charge is -2.61. The predicted octanol–water partition coefficient (Wildman–Crippen LogP) is 2.20. The second kappa shape index (κ2) is 5.02. The van der Waals surface area contributed by atoms with Crippen LogP contribution in [-0.2, 0) is 12.1 Å². The standard InChI is InChI=1S/C16H22ClN7/c1-10-14(17)13(22-21-10)7-18-15-3-11-2-12(4-15)6-16(5-11,8-15)24-20-9-19-23-24/h9,11-12,18H,2-8H2,1H3,(H,21,22). The third-order valence-electron chi connectivity index (χ3n) is 6.38. The van der Waals surface area contributed by atoms with Crippen LogP contribution >= 0.6 is 11.6 Å². The van der Waals surface area contributed by atoms with Crippen molar-refractivity contribution in [2.75, 3.05) is 0 Å². The van der Waals surface area contributed by atoms with Crippen LogP contribution in [-0.4, -0.2) is 35.9 Å². The van der Waals surface area contributed by atoms with Crippen LogP contribution in [0.4, 0.5) is 0 Å². The molecular formula is C16H22ClN7. The van der Waals surface area contributed by atoms with Crippen LogP contribution in [0.15, 0.2) is 6.33 Å². The first-order valence-electron chi connectivity index (χ1n) is 8.75. The number of nitrogens with one attached hydrogen (secondary N) is 2. The Morgan fingerprint density at radius 2 is 2.12 bits per heavy atom. The average molecular weight is 348 g/mol. The zero-order chi connectivity index (χ0) is 16.4. The van der Waals surface area contributed by atoms with Crippen LogP contribution in [0.2, 0.25) is 5.02 Å². The van der Waals surface area contributed by atoms with Gasteiger partial charge < -0.3 is 5.32 Å². The summed E-state index contributed by atoms with van der Waals surface area (Å²) in [5.74, 6) is 1.50. The van der Waals surface area contributed by atoms with Gasteiger partial charge in [0, 0.05) is 12.1 Å². The number of rotatable bonds is 4. The van der Waals surface area contributed by atoms with Crippen LogP contribution in [0.3, 0.4) is 0 Å². The van der Waals surface area contributed by atoms with Gasteiger partial charge in [0.25, 0.3) is 0 Å². The van der Waals surface area contributed by atoms with Crippen LogP contribution in [0.1, 0.15) is 49.9 Å². The fraction of sp³-hybridized carbons (Fsp3) is 0.750. The molecule has 4 aliphatic carbocycles. The van der Waals surface area contributed by atoms with Crippen LogP contribution in [0, 0.1) is 18.8 Å². The maximum atomic E-state index is 6.34. The lowest BCUT2D eigenvalue weighted by Crippen LogP contribution is -2.65. The third kappa shape index (κ3) is 2.14. The van der Waals surface area contributed by atoms with Gasteiger partial charge in [-0.25, -0.2) is 0 Å². The van der Waals surface area contributed by atoms with Gasteiger partial charge in [-0.1, -0.05) is 11.6 Å². The van der Waals surface area contributed by atoms with Crippen molar-refractivity contribution in [3.63, 3.8) is 0 Å². The molecular weight excluding hydrogens is 326 g/mol. The number of aromatic nitrogens is 6. The molecule has 24 heavy (non-hydrogen) atoms. The summed E-state index contributed by atoms with van der Waals surface area (Å²) in [6, 6.07) is 0. The Morgan fingerprint density at radius 1 is 1.33 bits per heavy atom. The van der Waals surface area contributed by atoms with Gasteiger partial charge in [-0.15, -0.1) is 10.2 Å².